The predicted molar refractivity (Wildman–Crippen MR) is 495 cm³/mol. The molecule has 0 bridgehead atoms. The van der Waals surface area contributed by atoms with E-state index < -0.39 is 255 Å². The first kappa shape index (κ1) is 110. The Morgan fingerprint density at radius 2 is 0.836 bits per heavy atom. The van der Waals surface area contributed by atoms with Gasteiger partial charge in [-0.15, -0.1) is 0 Å². The maximum absolute atomic E-state index is 14.9. The number of aliphatic carboxylic acids is 1. The fourth-order valence-electron chi connectivity index (χ4n) is 14.5. The van der Waals surface area contributed by atoms with Crippen LogP contribution in [0.2, 0.25) is 0 Å². The zero-order valence-electron chi connectivity index (χ0n) is 76.3. The molecule has 26 N–H and O–H groups in total. The molecule has 1 aliphatic rings. The van der Waals surface area contributed by atoms with Crippen molar-refractivity contribution in [2.24, 2.45) is 35.1 Å². The Labute approximate surface area is 784 Å². The number of phenolic OH excluding ortho intramolecular Hbond substituents is 1. The van der Waals surface area contributed by atoms with Gasteiger partial charge >= 0.3 is 5.97 Å². The highest BCUT2D eigenvalue weighted by atomic mass is 32.1. The summed E-state index contributed by atoms with van der Waals surface area (Å²) in [5.74, 6) is -19.7. The Morgan fingerprint density at radius 1 is 0.433 bits per heavy atom. The molecule has 3 aromatic carbocycles. The van der Waals surface area contributed by atoms with Crippen LogP contribution in [-0.4, -0.2) is 289 Å². The van der Waals surface area contributed by atoms with Crippen LogP contribution in [0, 0.1) is 23.7 Å². The lowest BCUT2D eigenvalue weighted by atomic mass is 10.0. The van der Waals surface area contributed by atoms with Gasteiger partial charge in [0.25, 0.3) is 0 Å². The average molecular weight is 1910 g/mol. The van der Waals surface area contributed by atoms with E-state index in [1.165, 1.54) is 52.0 Å². The molecule has 15 atom stereocenters. The number of H-pyrrole nitrogens is 2. The lowest BCUT2D eigenvalue weighted by Crippen LogP contribution is -2.61. The molecular formula is C88H127N21O23S2. The molecule has 5 aromatic rings. The second kappa shape index (κ2) is 53.7. The summed E-state index contributed by atoms with van der Waals surface area (Å²) in [6, 6.07) is -1.70. The van der Waals surface area contributed by atoms with Crippen molar-refractivity contribution in [1.29, 1.82) is 0 Å². The molecule has 1 fully saturated rings. The van der Waals surface area contributed by atoms with E-state index in [1.54, 1.807) is 88.6 Å². The van der Waals surface area contributed by atoms with Gasteiger partial charge in [0.05, 0.1) is 38.9 Å². The molecule has 0 unspecified atom stereocenters. The van der Waals surface area contributed by atoms with E-state index in [4.69, 9.17) is 11.5 Å². The number of nitrogens with two attached hydrogens (primary N) is 2. The number of hydrogen-bond acceptors (Lipinski definition) is 25. The summed E-state index contributed by atoms with van der Waals surface area (Å²) in [6.07, 6.45) is 2.30. The fourth-order valence-corrected chi connectivity index (χ4v) is 15.0. The van der Waals surface area contributed by atoms with E-state index in [0.29, 0.717) is 38.5 Å². The minimum atomic E-state index is -1.82. The van der Waals surface area contributed by atoms with Gasteiger partial charge in [-0.1, -0.05) is 104 Å². The number of nitrogens with one attached hydrogen (secondary N) is 18. The number of aliphatic hydroxyl groups is 2. The van der Waals surface area contributed by atoms with Crippen LogP contribution >= 0.6 is 25.3 Å². The summed E-state index contributed by atoms with van der Waals surface area (Å²) in [4.78, 5) is 267. The first-order valence-corrected chi connectivity index (χ1v) is 45.3. The Kier molecular flexibility index (Phi) is 44.0. The minimum absolute atomic E-state index is 0.00741. The third-order valence-corrected chi connectivity index (χ3v) is 22.4. The standard InChI is InChI=1S/C88H127N21O23S2/c1-43(2)28-55(89)75(118)106-67(42-134)84(127)100-58(25-26-69(90)113)77(120)104-64(39-110)81(124)101-59(29-44(3)4)76(119)94-38-72(116)108-73(46(7)8)86(129)105-65(40-111)82(125)103-63(31-49-21-23-52(112)24-22-49)87(130)109-27-15-20-68(109)85(128)95-37-71(115)98-61(32-50-34-91-56-18-13-11-16-53(50)56)79(122)102-60(30-45(5)6)78(121)96-47(9)74(117)93-36-70(114)99-62(33-51-35-92-57-19-14-12-17-54(51)57)80(123)107-66(41-133)83(126)97-48(10)88(131)132/h11-14,16-19,21-24,34-35,43-48,55,58-68,73,91-92,110-112,133-134H,15,20,25-33,36-42,89H2,1-10H3,(H2,90,113)(H,93,117)(H,94,119)(H,95,128)(H,96,121)(H,97,126)(H,98,115)(H,99,114)(H,100,127)(H,101,124)(H,102,122)(H,103,125)(H,104,120)(H,105,129)(H,106,118)(H,107,123)(H,108,116)(H,131,132)/t47-,48-,55-,58-,59-,60-,61-,62-,63-,64-,65-,66-,67-,68-,73-/m0/s1. The van der Waals surface area contributed by atoms with E-state index >= 15 is 0 Å². The van der Waals surface area contributed by atoms with Crippen molar-refractivity contribution in [1.82, 2.24) is 99.9 Å². The Morgan fingerprint density at radius 3 is 1.32 bits per heavy atom. The largest absolute Gasteiger partial charge is 0.508 e. The van der Waals surface area contributed by atoms with Crippen LogP contribution in [0.25, 0.3) is 21.8 Å². The number of phenols is 1. The number of hydrogen-bond donors (Lipinski definition) is 26. The molecule has 0 aliphatic carbocycles. The summed E-state index contributed by atoms with van der Waals surface area (Å²) in [5, 5.41) is 81.6. The number of carboxylic acids is 1. The fraction of sp³-hybridized carbons (Fsp3) is 0.534. The van der Waals surface area contributed by atoms with Crippen LogP contribution in [0.15, 0.2) is 85.2 Å². The third-order valence-electron chi connectivity index (χ3n) is 21.7. The topological polar surface area (TPSA) is 685 Å². The molecule has 0 radical (unpaired) electrons. The number of benzene rings is 3. The second-order valence-electron chi connectivity index (χ2n) is 34.4. The van der Waals surface area contributed by atoms with Gasteiger partial charge in [0, 0.05) is 77.9 Å². The number of thiol groups is 2. The van der Waals surface area contributed by atoms with E-state index in [0.717, 1.165) is 4.90 Å². The number of carbonyl (C=O) groups is 19. The van der Waals surface area contributed by atoms with Gasteiger partial charge in [-0.2, -0.15) is 25.3 Å². The number of nitrogens with zero attached hydrogens (tertiary/aromatic N) is 1. The number of primary amides is 1. The van der Waals surface area contributed by atoms with Crippen molar-refractivity contribution in [3.63, 3.8) is 0 Å². The highest BCUT2D eigenvalue weighted by Gasteiger charge is 2.42. The van der Waals surface area contributed by atoms with Crippen LogP contribution in [0.5, 0.6) is 5.75 Å². The molecule has 3 heterocycles. The number of carboxylic acid groups (broad SMARTS) is 1. The predicted octanol–water partition coefficient (Wildman–Crippen LogP) is -4.62. The van der Waals surface area contributed by atoms with Gasteiger partial charge in [0.15, 0.2) is 0 Å². The summed E-state index contributed by atoms with van der Waals surface area (Å²) in [7, 11) is 0. The van der Waals surface area contributed by atoms with Crippen molar-refractivity contribution >= 4 is 159 Å². The maximum Gasteiger partial charge on any atom is 0.325 e. The third kappa shape index (κ3) is 34.6. The second-order valence-corrected chi connectivity index (χ2v) is 35.1. The zero-order valence-corrected chi connectivity index (χ0v) is 78.1. The summed E-state index contributed by atoms with van der Waals surface area (Å²) < 4.78 is 0. The number of likely N-dealkylation sites (tertiary alicyclic amines) is 1. The lowest BCUT2D eigenvalue weighted by molar-refractivity contribution is -0.142. The Balaban J connectivity index is 1.09. The number of aromatic hydroxyl groups is 1. The van der Waals surface area contributed by atoms with Gasteiger partial charge in [-0.3, -0.25) is 91.1 Å². The van der Waals surface area contributed by atoms with E-state index in [2.05, 4.69) is 120 Å². The molecular weight excluding hydrogens is 1780 g/mol. The summed E-state index contributed by atoms with van der Waals surface area (Å²) in [6.45, 7) is 11.6. The Hall–Kier alpha value is -13.0. The number of carbonyl (C=O) groups excluding carboxylic acids is 18. The molecule has 46 heteroatoms. The number of aromatic nitrogens is 2. The van der Waals surface area contributed by atoms with E-state index in [9.17, 15) is 112 Å². The van der Waals surface area contributed by atoms with Crippen LogP contribution in [0.4, 0.5) is 0 Å². The number of aromatic amines is 2. The van der Waals surface area contributed by atoms with Crippen molar-refractivity contribution in [3.8, 4) is 5.75 Å². The van der Waals surface area contributed by atoms with Gasteiger partial charge in [0.1, 0.15) is 90.3 Å². The SMILES string of the molecule is CC(C)C[C@H](NC(=O)[C@H](CO)NC(=O)[C@H](CCC(N)=O)NC(=O)[C@H](CS)NC(=O)[C@@H](N)CC(C)C)C(=O)NCC(=O)N[C@H](C(=O)N[C@@H](CO)C(=O)N[C@@H](Cc1ccc(O)cc1)C(=O)N1CCC[C@H]1C(=O)NCC(=O)N[C@@H](Cc1c[nH]c2ccccc12)C(=O)N[C@@H](CC(C)C)C(=O)N[C@@H](C)C(=O)NCC(=O)N[C@@H](Cc1c[nH]c2ccccc12)C(=O)N[C@@H](CS)C(=O)N[C@@H](C)C(=O)O)C(C)C. The van der Waals surface area contributed by atoms with Crippen LogP contribution in [-0.2, 0) is 110 Å². The molecule has 1 aliphatic heterocycles. The zero-order chi connectivity index (χ0) is 99.5. The first-order valence-electron chi connectivity index (χ1n) is 44.0. The summed E-state index contributed by atoms with van der Waals surface area (Å²) >= 11 is 8.32. The van der Waals surface area contributed by atoms with Crippen LogP contribution < -0.4 is 96.5 Å². The molecule has 44 nitrogen and oxygen atoms in total. The molecule has 0 saturated carbocycles. The Bertz CT molecular complexity index is 4970. The number of aliphatic hydroxyl groups excluding tert-OH is 2. The molecule has 6 rings (SSSR count). The van der Waals surface area contributed by atoms with Crippen molar-refractivity contribution in [2.75, 3.05) is 50.9 Å². The van der Waals surface area contributed by atoms with Crippen molar-refractivity contribution in [2.45, 2.75) is 224 Å². The maximum atomic E-state index is 14.9. The monoisotopic (exact) mass is 1910 g/mol. The van der Waals surface area contributed by atoms with Gasteiger partial charge in [0.2, 0.25) is 106 Å². The highest BCUT2D eigenvalue weighted by molar-refractivity contribution is 7.80. The molecule has 1 saturated heterocycles. The average Bonchev–Trinajstić information content (AvgIpc) is 1.69. The minimum Gasteiger partial charge on any atom is -0.508 e. The van der Waals surface area contributed by atoms with Gasteiger partial charge < -0.3 is 132 Å². The number of para-hydroxylation sites is 2. The quantitative estimate of drug-likeness (QED) is 0.0163. The van der Waals surface area contributed by atoms with Crippen molar-refractivity contribution in [3.05, 3.63) is 102 Å². The highest BCUT2D eigenvalue weighted by Crippen LogP contribution is 2.24. The van der Waals surface area contributed by atoms with Gasteiger partial charge in [-0.25, -0.2) is 0 Å². The van der Waals surface area contributed by atoms with E-state index in [-0.39, 0.29) is 92.9 Å². The van der Waals surface area contributed by atoms with Crippen molar-refractivity contribution < 1.29 is 112 Å². The van der Waals surface area contributed by atoms with E-state index in [1.807, 2.05) is 13.8 Å². The molecule has 18 amide bonds. The summed E-state index contributed by atoms with van der Waals surface area (Å²) in [5.41, 5.74) is 14.2. The smallest absolute Gasteiger partial charge is 0.325 e. The molecule has 134 heavy (non-hydrogen) atoms. The first-order chi connectivity index (χ1) is 63.3. The normalized spacial score (nSPS) is 15.6. The van der Waals surface area contributed by atoms with Gasteiger partial charge in [-0.05, 0) is 117 Å². The number of rotatable bonds is 54. The lowest BCUT2D eigenvalue weighted by Gasteiger charge is -2.30. The van der Waals surface area contributed by atoms with Crippen LogP contribution in [0.3, 0.4) is 0 Å². The van der Waals surface area contributed by atoms with Crippen LogP contribution in [0.1, 0.15) is 131 Å². The molecule has 734 valence electrons. The number of fused-ring (bicyclic) bond motifs is 2. The molecule has 0 spiro atoms. The number of amides is 18. The molecule has 2 aromatic heterocycles.